The Labute approximate surface area is 95.9 Å². The van der Waals surface area contributed by atoms with Gasteiger partial charge in [-0.25, -0.2) is 0 Å². The van der Waals surface area contributed by atoms with Gasteiger partial charge in [-0.3, -0.25) is 4.21 Å². The predicted molar refractivity (Wildman–Crippen MR) is 66.3 cm³/mol. The van der Waals surface area contributed by atoms with Crippen LogP contribution in [0.5, 0.6) is 0 Å². The van der Waals surface area contributed by atoms with E-state index in [1.165, 1.54) is 0 Å². The maximum atomic E-state index is 11.0. The Hall–Kier alpha value is 0.0700. The molecule has 90 valence electrons. The molecule has 1 aliphatic heterocycles. The molecule has 0 aromatic carbocycles. The molecule has 0 aromatic rings. The lowest BCUT2D eigenvalue weighted by Crippen LogP contribution is -2.49. The van der Waals surface area contributed by atoms with E-state index in [2.05, 4.69) is 18.7 Å². The van der Waals surface area contributed by atoms with E-state index in [-0.39, 0.29) is 0 Å². The molecule has 2 N–H and O–H groups in total. The number of rotatable bonds is 4. The average Bonchev–Trinajstić information content (AvgIpc) is 2.18. The molecule has 4 heteroatoms. The molecule has 4 unspecified atom stereocenters. The van der Waals surface area contributed by atoms with Gasteiger partial charge in [0.05, 0.1) is 0 Å². The monoisotopic (exact) mass is 232 g/mol. The number of hydrogen-bond donors (Lipinski definition) is 1. The van der Waals surface area contributed by atoms with Gasteiger partial charge in [-0.2, -0.15) is 0 Å². The van der Waals surface area contributed by atoms with Crippen molar-refractivity contribution >= 4 is 10.8 Å². The van der Waals surface area contributed by atoms with E-state index < -0.39 is 10.8 Å². The van der Waals surface area contributed by atoms with Crippen molar-refractivity contribution in [1.82, 2.24) is 4.90 Å². The predicted octanol–water partition coefficient (Wildman–Crippen LogP) is 0.813. The summed E-state index contributed by atoms with van der Waals surface area (Å²) in [5.41, 5.74) is 5.99. The molecule has 0 amide bonds. The molecule has 1 aliphatic rings. The zero-order valence-corrected chi connectivity index (χ0v) is 10.9. The zero-order valence-electron chi connectivity index (χ0n) is 10.1. The molecule has 1 rings (SSSR count). The van der Waals surface area contributed by atoms with Crippen LogP contribution in [0.4, 0.5) is 0 Å². The molecular formula is C11H24N2OS. The van der Waals surface area contributed by atoms with E-state index in [9.17, 15) is 4.21 Å². The summed E-state index contributed by atoms with van der Waals surface area (Å²) in [5.74, 6) is 1.41. The first kappa shape index (κ1) is 13.1. The summed E-state index contributed by atoms with van der Waals surface area (Å²) < 4.78 is 11.0. The summed E-state index contributed by atoms with van der Waals surface area (Å²) in [6, 6.07) is 0.914. The lowest BCUT2D eigenvalue weighted by molar-refractivity contribution is 0.122. The highest BCUT2D eigenvalue weighted by Gasteiger charge is 2.25. The highest BCUT2D eigenvalue weighted by atomic mass is 32.2. The van der Waals surface area contributed by atoms with Crippen LogP contribution >= 0.6 is 0 Å². The minimum atomic E-state index is -0.658. The molecule has 15 heavy (non-hydrogen) atoms. The molecule has 0 saturated carbocycles. The lowest BCUT2D eigenvalue weighted by Gasteiger charge is -2.38. The van der Waals surface area contributed by atoms with Crippen LogP contribution < -0.4 is 5.73 Å². The third kappa shape index (κ3) is 4.21. The lowest BCUT2D eigenvalue weighted by atomic mass is 9.93. The van der Waals surface area contributed by atoms with E-state index in [1.807, 2.05) is 0 Å². The van der Waals surface area contributed by atoms with E-state index in [1.54, 1.807) is 6.26 Å². The number of hydrogen-bond acceptors (Lipinski definition) is 3. The van der Waals surface area contributed by atoms with Crippen molar-refractivity contribution in [3.8, 4) is 0 Å². The number of likely N-dealkylation sites (tertiary alicyclic amines) is 1. The highest BCUT2D eigenvalue weighted by Crippen LogP contribution is 2.18. The minimum Gasteiger partial charge on any atom is -0.327 e. The first-order valence-electron chi connectivity index (χ1n) is 5.80. The molecule has 0 radical (unpaired) electrons. The van der Waals surface area contributed by atoms with E-state index in [0.29, 0.717) is 18.0 Å². The van der Waals surface area contributed by atoms with Crippen LogP contribution in [0.3, 0.4) is 0 Å². The second-order valence-corrected chi connectivity index (χ2v) is 6.39. The molecule has 3 nitrogen and oxygen atoms in total. The Morgan fingerprint density at radius 2 is 2.27 bits per heavy atom. The first-order chi connectivity index (χ1) is 7.00. The summed E-state index contributed by atoms with van der Waals surface area (Å²) in [7, 11) is -0.658. The molecule has 0 bridgehead atoms. The summed E-state index contributed by atoms with van der Waals surface area (Å²) in [6.07, 6.45) is 3.91. The first-order valence-corrected chi connectivity index (χ1v) is 7.53. The van der Waals surface area contributed by atoms with Gasteiger partial charge in [-0.05, 0) is 32.2 Å². The van der Waals surface area contributed by atoms with Crippen LogP contribution in [0.15, 0.2) is 0 Å². The Bertz CT molecular complexity index is 223. The highest BCUT2D eigenvalue weighted by molar-refractivity contribution is 7.84. The van der Waals surface area contributed by atoms with Crippen molar-refractivity contribution in [2.24, 2.45) is 11.7 Å². The van der Waals surface area contributed by atoms with Gasteiger partial charge in [0.2, 0.25) is 0 Å². The Morgan fingerprint density at radius 1 is 1.60 bits per heavy atom. The van der Waals surface area contributed by atoms with Crippen molar-refractivity contribution in [2.75, 3.05) is 25.1 Å². The molecule has 1 heterocycles. The molecule has 1 saturated heterocycles. The van der Waals surface area contributed by atoms with E-state index in [0.717, 1.165) is 31.7 Å². The fraction of sp³-hybridized carbons (Fsp3) is 1.00. The minimum absolute atomic E-state index is 0.369. The van der Waals surface area contributed by atoms with Gasteiger partial charge in [-0.15, -0.1) is 0 Å². The van der Waals surface area contributed by atoms with Crippen LogP contribution in [-0.4, -0.2) is 46.3 Å². The van der Waals surface area contributed by atoms with E-state index in [4.69, 9.17) is 5.73 Å². The normalized spacial score (nSPS) is 32.5. The fourth-order valence-corrected chi connectivity index (χ4v) is 2.79. The van der Waals surface area contributed by atoms with E-state index >= 15 is 0 Å². The van der Waals surface area contributed by atoms with Crippen molar-refractivity contribution in [3.63, 3.8) is 0 Å². The molecule has 0 aromatic heterocycles. The fourth-order valence-electron chi connectivity index (χ4n) is 2.12. The third-order valence-electron chi connectivity index (χ3n) is 3.45. The third-order valence-corrected chi connectivity index (χ3v) is 4.26. The van der Waals surface area contributed by atoms with Gasteiger partial charge in [0.15, 0.2) is 0 Å². The van der Waals surface area contributed by atoms with Crippen molar-refractivity contribution < 1.29 is 4.21 Å². The summed E-state index contributed by atoms with van der Waals surface area (Å²) in [6.45, 7) is 6.65. The number of piperidine rings is 1. The maximum Gasteiger partial charge on any atom is 0.0246 e. The molecule has 0 spiro atoms. The van der Waals surface area contributed by atoms with Gasteiger partial charge >= 0.3 is 0 Å². The van der Waals surface area contributed by atoms with Crippen LogP contribution in [0, 0.1) is 5.92 Å². The maximum absolute atomic E-state index is 11.0. The van der Waals surface area contributed by atoms with Gasteiger partial charge in [0, 0.05) is 41.4 Å². The average molecular weight is 232 g/mol. The Morgan fingerprint density at radius 3 is 2.80 bits per heavy atom. The summed E-state index contributed by atoms with van der Waals surface area (Å²) in [5, 5.41) is 0. The van der Waals surface area contributed by atoms with Crippen molar-refractivity contribution in [1.29, 1.82) is 0 Å². The summed E-state index contributed by atoms with van der Waals surface area (Å²) in [4.78, 5) is 2.49. The van der Waals surface area contributed by atoms with Gasteiger partial charge in [0.1, 0.15) is 0 Å². The van der Waals surface area contributed by atoms with Crippen LogP contribution in [0.2, 0.25) is 0 Å². The number of nitrogens with zero attached hydrogens (tertiary/aromatic N) is 1. The Kier molecular flexibility index (Phi) is 5.23. The molecule has 1 fully saturated rings. The smallest absolute Gasteiger partial charge is 0.0246 e. The topological polar surface area (TPSA) is 46.3 Å². The van der Waals surface area contributed by atoms with Gasteiger partial charge in [-0.1, -0.05) is 6.92 Å². The quantitative estimate of drug-likeness (QED) is 0.780. The molecule has 0 aliphatic carbocycles. The largest absolute Gasteiger partial charge is 0.327 e. The molecule has 4 atom stereocenters. The number of nitrogens with two attached hydrogens (primary N) is 1. The second-order valence-electron chi connectivity index (χ2n) is 4.84. The van der Waals surface area contributed by atoms with Gasteiger partial charge in [0.25, 0.3) is 0 Å². The Balaban J connectivity index is 2.33. The van der Waals surface area contributed by atoms with Crippen molar-refractivity contribution in [3.05, 3.63) is 0 Å². The van der Waals surface area contributed by atoms with Crippen LogP contribution in [0.25, 0.3) is 0 Å². The summed E-state index contributed by atoms with van der Waals surface area (Å²) >= 11 is 0. The zero-order chi connectivity index (χ0) is 11.4. The second kappa shape index (κ2) is 5.97. The SMILES string of the molecule is CC1CN(C(C)CCS(C)=O)CCC1N. The van der Waals surface area contributed by atoms with Crippen LogP contribution in [-0.2, 0) is 10.8 Å². The van der Waals surface area contributed by atoms with Gasteiger partial charge < -0.3 is 10.6 Å². The van der Waals surface area contributed by atoms with Crippen molar-refractivity contribution in [2.45, 2.75) is 38.8 Å². The molecular weight excluding hydrogens is 208 g/mol. The van der Waals surface area contributed by atoms with Crippen LogP contribution in [0.1, 0.15) is 26.7 Å². The standard InChI is InChI=1S/C11H24N2OS/c1-9-8-13(6-4-11(9)12)10(2)5-7-15(3)14/h9-11H,4-8,12H2,1-3H3.